The second kappa shape index (κ2) is 28.9. The smallest absolute Gasteiger partial charge is 0.419 e. The molecule has 1 heterocycles. The Kier molecular flexibility index (Phi) is 21.2. The zero-order valence-corrected chi connectivity index (χ0v) is 54.2. The van der Waals surface area contributed by atoms with Gasteiger partial charge in [0.15, 0.2) is 0 Å². The van der Waals surface area contributed by atoms with Crippen LogP contribution in [-0.4, -0.2) is 16.3 Å². The van der Waals surface area contributed by atoms with E-state index >= 15 is 4.79 Å². The standard InChI is InChI=1S/C81H99N3O2/c1-12-18-20-22-24-26-56-79(11,57-27-25-23-21-19-13-2)86-78(85)84-76-58-66(80(14-3,15-4)64-36-50-72(51-37-64)82(68-42-28-60(7)29-43-68)69-44-30-61(8)31-45-69)40-54-74(76)75-55-41-67(59-77(75)84)81(16-5,17-6)65-38-52-73(53-39-65)83(70-46-32-62(9)33-47-70)71-48-34-63(10)35-49-71/h28-55,58-59H,12-27,56-57H2,1-11H3. The Balaban J connectivity index is 1.16. The second-order valence-electron chi connectivity index (χ2n) is 25.3. The zero-order valence-electron chi connectivity index (χ0n) is 54.2. The van der Waals surface area contributed by atoms with E-state index in [0.29, 0.717) is 0 Å². The molecule has 450 valence electrons. The molecule has 8 aromatic carbocycles. The van der Waals surface area contributed by atoms with Crippen molar-refractivity contribution in [3.05, 3.63) is 226 Å². The van der Waals surface area contributed by atoms with E-state index < -0.39 is 5.60 Å². The third kappa shape index (κ3) is 13.9. The van der Waals surface area contributed by atoms with E-state index in [1.54, 1.807) is 0 Å². The highest BCUT2D eigenvalue weighted by atomic mass is 16.6. The Bertz CT molecular complexity index is 3260. The maximum absolute atomic E-state index is 15.9. The monoisotopic (exact) mass is 1150 g/mol. The van der Waals surface area contributed by atoms with Gasteiger partial charge in [-0.3, -0.25) is 0 Å². The van der Waals surface area contributed by atoms with Crippen LogP contribution in [0.1, 0.15) is 209 Å². The maximum Gasteiger partial charge on any atom is 0.419 e. The van der Waals surface area contributed by atoms with Gasteiger partial charge in [-0.05, 0) is 193 Å². The molecular weight excluding hydrogens is 1050 g/mol. The summed E-state index contributed by atoms with van der Waals surface area (Å²) in [4.78, 5) is 20.6. The van der Waals surface area contributed by atoms with Gasteiger partial charge in [0.2, 0.25) is 0 Å². The second-order valence-corrected chi connectivity index (χ2v) is 25.3. The third-order valence-electron chi connectivity index (χ3n) is 19.4. The van der Waals surface area contributed by atoms with Crippen molar-refractivity contribution in [2.45, 2.75) is 208 Å². The molecule has 0 saturated carbocycles. The molecule has 86 heavy (non-hydrogen) atoms. The van der Waals surface area contributed by atoms with Crippen LogP contribution >= 0.6 is 0 Å². The van der Waals surface area contributed by atoms with Gasteiger partial charge in [-0.2, -0.15) is 0 Å². The number of fused-ring (bicyclic) bond motifs is 3. The molecule has 0 bridgehead atoms. The molecule has 0 aliphatic rings. The van der Waals surface area contributed by atoms with Crippen molar-refractivity contribution >= 4 is 62.0 Å². The average Bonchev–Trinajstić information content (AvgIpc) is 2.43. The first kappa shape index (κ1) is 63.1. The molecule has 0 atom stereocenters. The van der Waals surface area contributed by atoms with Crippen molar-refractivity contribution in [1.82, 2.24) is 4.57 Å². The number of aromatic nitrogens is 1. The summed E-state index contributed by atoms with van der Waals surface area (Å²) in [7, 11) is 0. The quantitative estimate of drug-likeness (QED) is 0.0438. The molecule has 9 rings (SSSR count). The largest absolute Gasteiger partial charge is 0.443 e. The van der Waals surface area contributed by atoms with Crippen LogP contribution in [0.15, 0.2) is 182 Å². The van der Waals surface area contributed by atoms with Crippen LogP contribution < -0.4 is 9.80 Å². The van der Waals surface area contributed by atoms with Crippen LogP contribution in [0.25, 0.3) is 21.8 Å². The van der Waals surface area contributed by atoms with Crippen LogP contribution in [0, 0.1) is 27.7 Å². The lowest BCUT2D eigenvalue weighted by Crippen LogP contribution is -2.34. The minimum Gasteiger partial charge on any atom is -0.443 e. The minimum atomic E-state index is -0.600. The summed E-state index contributed by atoms with van der Waals surface area (Å²) in [5.41, 5.74) is 17.2. The highest BCUT2D eigenvalue weighted by Gasteiger charge is 2.36. The molecule has 5 heteroatoms. The van der Waals surface area contributed by atoms with Crippen LogP contribution in [0.4, 0.5) is 38.9 Å². The Morgan fingerprint density at radius 2 is 0.628 bits per heavy atom. The lowest BCUT2D eigenvalue weighted by Gasteiger charge is -2.34. The van der Waals surface area contributed by atoms with E-state index in [2.05, 4.69) is 268 Å². The van der Waals surface area contributed by atoms with Gasteiger partial charge in [0, 0.05) is 55.7 Å². The number of carbonyl (C=O) groups is 1. The fraction of sp³-hybridized carbons (Fsp3) is 0.395. The van der Waals surface area contributed by atoms with Gasteiger partial charge in [-0.1, -0.05) is 225 Å². The summed E-state index contributed by atoms with van der Waals surface area (Å²) in [5, 5.41) is 2.14. The summed E-state index contributed by atoms with van der Waals surface area (Å²) in [6, 6.07) is 67.8. The first-order valence-electron chi connectivity index (χ1n) is 33.1. The van der Waals surface area contributed by atoms with E-state index in [1.807, 2.05) is 4.57 Å². The Hall–Kier alpha value is -7.37. The predicted molar refractivity (Wildman–Crippen MR) is 370 cm³/mol. The molecule has 1 aromatic heterocycles. The molecule has 0 unspecified atom stereocenters. The molecule has 5 nitrogen and oxygen atoms in total. The number of unbranched alkanes of at least 4 members (excludes halogenated alkanes) is 10. The highest BCUT2D eigenvalue weighted by Crippen LogP contribution is 2.47. The lowest BCUT2D eigenvalue weighted by atomic mass is 9.70. The first-order valence-corrected chi connectivity index (χ1v) is 33.1. The van der Waals surface area contributed by atoms with E-state index in [-0.39, 0.29) is 16.9 Å². The van der Waals surface area contributed by atoms with Gasteiger partial charge in [0.1, 0.15) is 5.60 Å². The molecule has 0 radical (unpaired) electrons. The van der Waals surface area contributed by atoms with E-state index in [1.165, 1.54) is 95.9 Å². The number of carbonyl (C=O) groups excluding carboxylic acids is 1. The number of aryl methyl sites for hydroxylation is 4. The lowest BCUT2D eigenvalue weighted by molar-refractivity contribution is 0.0101. The normalized spacial score (nSPS) is 12.1. The molecule has 0 aliphatic carbocycles. The van der Waals surface area contributed by atoms with Gasteiger partial charge < -0.3 is 14.5 Å². The summed E-state index contributed by atoms with van der Waals surface area (Å²) in [6.45, 7) is 24.7. The van der Waals surface area contributed by atoms with Crippen LogP contribution in [0.5, 0.6) is 0 Å². The van der Waals surface area contributed by atoms with Gasteiger partial charge in [-0.25, -0.2) is 9.36 Å². The fourth-order valence-corrected chi connectivity index (χ4v) is 13.8. The third-order valence-corrected chi connectivity index (χ3v) is 19.4. The number of hydrogen-bond donors (Lipinski definition) is 0. The van der Waals surface area contributed by atoms with Crippen LogP contribution in [0.3, 0.4) is 0 Å². The first-order chi connectivity index (χ1) is 41.7. The van der Waals surface area contributed by atoms with E-state index in [0.717, 1.165) is 120 Å². The number of hydrogen-bond acceptors (Lipinski definition) is 4. The van der Waals surface area contributed by atoms with E-state index in [4.69, 9.17) is 4.74 Å². The molecular formula is C81H99N3O2. The fourth-order valence-electron chi connectivity index (χ4n) is 13.8. The van der Waals surface area contributed by atoms with Crippen LogP contribution in [0.2, 0.25) is 0 Å². The van der Waals surface area contributed by atoms with Crippen molar-refractivity contribution < 1.29 is 9.53 Å². The molecule has 0 spiro atoms. The van der Waals surface area contributed by atoms with Gasteiger partial charge in [-0.15, -0.1) is 0 Å². The maximum atomic E-state index is 15.9. The summed E-state index contributed by atoms with van der Waals surface area (Å²) >= 11 is 0. The van der Waals surface area contributed by atoms with E-state index in [9.17, 15) is 0 Å². The molecule has 0 aliphatic heterocycles. The molecule has 9 aromatic rings. The number of benzene rings is 8. The Morgan fingerprint density at radius 1 is 0.360 bits per heavy atom. The predicted octanol–water partition coefficient (Wildman–Crippen LogP) is 24.4. The van der Waals surface area contributed by atoms with Gasteiger partial charge >= 0.3 is 6.09 Å². The SMILES string of the molecule is CCCCCCCCC(C)(CCCCCCCC)OC(=O)n1c2cc(C(CC)(CC)c3ccc(N(c4ccc(C)cc4)c4ccc(C)cc4)cc3)ccc2c2ccc(C(CC)(CC)c3ccc(N(c4ccc(C)cc4)c4ccc(C)cc4)cc3)cc21. The Morgan fingerprint density at radius 3 is 0.919 bits per heavy atom. The minimum absolute atomic E-state index is 0.274. The molecule has 0 fully saturated rings. The van der Waals surface area contributed by atoms with Gasteiger partial charge in [0.25, 0.3) is 0 Å². The summed E-state index contributed by atoms with van der Waals surface area (Å²) in [6.07, 6.45) is 19.4. The molecule has 0 saturated heterocycles. The van der Waals surface area contributed by atoms with Crippen molar-refractivity contribution in [2.75, 3.05) is 9.80 Å². The van der Waals surface area contributed by atoms with Crippen molar-refractivity contribution in [1.29, 1.82) is 0 Å². The number of anilines is 6. The Labute approximate surface area is 517 Å². The number of rotatable bonds is 29. The summed E-state index contributed by atoms with van der Waals surface area (Å²) in [5.74, 6) is 0. The highest BCUT2D eigenvalue weighted by molar-refractivity contribution is 6.13. The number of nitrogens with zero attached hydrogens (tertiary/aromatic N) is 3. The average molecular weight is 1150 g/mol. The van der Waals surface area contributed by atoms with Gasteiger partial charge in [0.05, 0.1) is 11.0 Å². The van der Waals surface area contributed by atoms with Crippen molar-refractivity contribution in [3.8, 4) is 0 Å². The number of ether oxygens (including phenoxy) is 1. The molecule has 0 N–H and O–H groups in total. The van der Waals surface area contributed by atoms with Crippen LogP contribution in [-0.2, 0) is 15.6 Å². The van der Waals surface area contributed by atoms with Crippen molar-refractivity contribution in [3.63, 3.8) is 0 Å². The van der Waals surface area contributed by atoms with Crippen molar-refractivity contribution in [2.24, 2.45) is 0 Å². The molecule has 0 amide bonds. The topological polar surface area (TPSA) is 37.7 Å². The zero-order chi connectivity index (χ0) is 60.8. The summed E-state index contributed by atoms with van der Waals surface area (Å²) < 4.78 is 9.12.